The Morgan fingerprint density at radius 3 is 2.76 bits per heavy atom. The highest BCUT2D eigenvalue weighted by Crippen LogP contribution is 2.37. The fraction of sp³-hybridized carbons (Fsp3) is 0.333. The highest BCUT2D eigenvalue weighted by molar-refractivity contribution is 7.18. The highest BCUT2D eigenvalue weighted by atomic mass is 35.5. The van der Waals surface area contributed by atoms with Crippen LogP contribution in [0.1, 0.15) is 0 Å². The topological polar surface area (TPSA) is 15.3 Å². The highest BCUT2D eigenvalue weighted by Gasteiger charge is 2.15. The Morgan fingerprint density at radius 2 is 2.00 bits per heavy atom. The molecule has 2 nitrogen and oxygen atoms in total. The van der Waals surface area contributed by atoms with Gasteiger partial charge in [0.1, 0.15) is 0 Å². The van der Waals surface area contributed by atoms with Gasteiger partial charge in [0.05, 0.1) is 5.02 Å². The summed E-state index contributed by atoms with van der Waals surface area (Å²) in [6, 6.07) is 6.43. The van der Waals surface area contributed by atoms with Crippen molar-refractivity contribution in [2.24, 2.45) is 0 Å². The van der Waals surface area contributed by atoms with Gasteiger partial charge in [-0.25, -0.2) is 0 Å². The van der Waals surface area contributed by atoms with E-state index in [0.717, 1.165) is 31.2 Å². The van der Waals surface area contributed by atoms with Crippen LogP contribution in [0.15, 0.2) is 23.6 Å². The molecule has 1 aliphatic heterocycles. The molecule has 1 aromatic heterocycles. The van der Waals surface area contributed by atoms with Gasteiger partial charge >= 0.3 is 0 Å². The van der Waals surface area contributed by atoms with E-state index in [1.54, 1.807) is 11.3 Å². The Bertz CT molecular complexity index is 506. The summed E-state index contributed by atoms with van der Waals surface area (Å²) in [5.41, 5.74) is 1.28. The van der Waals surface area contributed by atoms with Crippen molar-refractivity contribution < 1.29 is 0 Å². The number of nitrogens with one attached hydrogen (secondary N) is 1. The van der Waals surface area contributed by atoms with Gasteiger partial charge < -0.3 is 10.2 Å². The molecule has 1 saturated heterocycles. The van der Waals surface area contributed by atoms with Crippen molar-refractivity contribution in [3.8, 4) is 0 Å². The second-order valence-electron chi connectivity index (χ2n) is 3.97. The molecule has 0 unspecified atom stereocenters. The van der Waals surface area contributed by atoms with E-state index in [9.17, 15) is 0 Å². The van der Waals surface area contributed by atoms with Gasteiger partial charge in [0.15, 0.2) is 0 Å². The predicted octanol–water partition coefficient (Wildman–Crippen LogP) is 3.39. The van der Waals surface area contributed by atoms with Gasteiger partial charge in [-0.1, -0.05) is 17.7 Å². The SMILES string of the molecule is Cl.Clc1csc2cccc(N3CCNCC3)c12. The largest absolute Gasteiger partial charge is 0.368 e. The molecule has 1 fully saturated rings. The molecular weight excluding hydrogens is 275 g/mol. The van der Waals surface area contributed by atoms with E-state index >= 15 is 0 Å². The zero-order chi connectivity index (χ0) is 11.0. The molecule has 0 spiro atoms. The van der Waals surface area contributed by atoms with E-state index in [0.29, 0.717) is 0 Å². The molecule has 1 N–H and O–H groups in total. The van der Waals surface area contributed by atoms with Crippen molar-refractivity contribution in [1.29, 1.82) is 0 Å². The van der Waals surface area contributed by atoms with Crippen LogP contribution in [0, 0.1) is 0 Å². The third kappa shape index (κ3) is 2.38. The van der Waals surface area contributed by atoms with Crippen molar-refractivity contribution in [1.82, 2.24) is 5.32 Å². The molecule has 2 aromatic rings. The van der Waals surface area contributed by atoms with Gasteiger partial charge in [0.25, 0.3) is 0 Å². The lowest BCUT2D eigenvalue weighted by Crippen LogP contribution is -2.43. The van der Waals surface area contributed by atoms with Crippen molar-refractivity contribution in [3.05, 3.63) is 28.6 Å². The maximum Gasteiger partial charge on any atom is 0.0612 e. The normalized spacial score (nSPS) is 15.9. The first-order chi connectivity index (χ1) is 7.86. The average Bonchev–Trinajstić information content (AvgIpc) is 2.73. The predicted molar refractivity (Wildman–Crippen MR) is 79.2 cm³/mol. The maximum absolute atomic E-state index is 6.27. The molecule has 0 amide bonds. The zero-order valence-electron chi connectivity index (χ0n) is 9.28. The average molecular weight is 289 g/mol. The number of hydrogen-bond acceptors (Lipinski definition) is 3. The summed E-state index contributed by atoms with van der Waals surface area (Å²) in [6.45, 7) is 4.23. The maximum atomic E-state index is 6.27. The quantitative estimate of drug-likeness (QED) is 0.865. The molecule has 0 radical (unpaired) electrons. The molecule has 0 saturated carbocycles. The number of benzene rings is 1. The number of nitrogens with zero attached hydrogens (tertiary/aromatic N) is 1. The van der Waals surface area contributed by atoms with Crippen molar-refractivity contribution in [3.63, 3.8) is 0 Å². The molecule has 2 heterocycles. The summed E-state index contributed by atoms with van der Waals surface area (Å²) in [6.07, 6.45) is 0. The Hall–Kier alpha value is -0.480. The molecule has 17 heavy (non-hydrogen) atoms. The van der Waals surface area contributed by atoms with Crippen LogP contribution < -0.4 is 10.2 Å². The monoisotopic (exact) mass is 288 g/mol. The lowest BCUT2D eigenvalue weighted by Gasteiger charge is -2.30. The molecule has 1 aliphatic rings. The van der Waals surface area contributed by atoms with E-state index < -0.39 is 0 Å². The van der Waals surface area contributed by atoms with Crippen LogP contribution in [0.4, 0.5) is 5.69 Å². The summed E-state index contributed by atoms with van der Waals surface area (Å²) in [7, 11) is 0. The minimum atomic E-state index is 0. The minimum Gasteiger partial charge on any atom is -0.368 e. The van der Waals surface area contributed by atoms with Crippen molar-refractivity contribution >= 4 is 51.1 Å². The second-order valence-corrected chi connectivity index (χ2v) is 5.29. The lowest BCUT2D eigenvalue weighted by atomic mass is 10.2. The molecular formula is C12H14Cl2N2S. The third-order valence-corrected chi connectivity index (χ3v) is 4.37. The Kier molecular flexibility index (Phi) is 4.15. The van der Waals surface area contributed by atoms with Gasteiger partial charge in [0, 0.05) is 47.3 Å². The van der Waals surface area contributed by atoms with Gasteiger partial charge in [-0.2, -0.15) is 0 Å². The molecule has 0 aliphatic carbocycles. The summed E-state index contributed by atoms with van der Waals surface area (Å²) in [5.74, 6) is 0. The fourth-order valence-corrected chi connectivity index (χ4v) is 3.43. The number of fused-ring (bicyclic) bond motifs is 1. The van der Waals surface area contributed by atoms with E-state index in [1.807, 2.05) is 5.38 Å². The molecule has 92 valence electrons. The lowest BCUT2D eigenvalue weighted by molar-refractivity contribution is 0.590. The number of anilines is 1. The third-order valence-electron chi connectivity index (χ3n) is 2.99. The summed E-state index contributed by atoms with van der Waals surface area (Å²) in [5, 5.41) is 7.50. The Labute approximate surface area is 116 Å². The van der Waals surface area contributed by atoms with E-state index in [-0.39, 0.29) is 12.4 Å². The standard InChI is InChI=1S/C12H13ClN2S.ClH/c13-9-8-16-11-3-1-2-10(12(9)11)15-6-4-14-5-7-15;/h1-3,8,14H,4-7H2;1H. The van der Waals surface area contributed by atoms with Crippen LogP contribution in [0.2, 0.25) is 5.02 Å². The Morgan fingerprint density at radius 1 is 1.24 bits per heavy atom. The van der Waals surface area contributed by atoms with Crippen LogP contribution in [0.3, 0.4) is 0 Å². The van der Waals surface area contributed by atoms with E-state index in [4.69, 9.17) is 11.6 Å². The fourth-order valence-electron chi connectivity index (χ4n) is 2.20. The second kappa shape index (κ2) is 5.44. The van der Waals surface area contributed by atoms with Crippen molar-refractivity contribution in [2.45, 2.75) is 0 Å². The zero-order valence-corrected chi connectivity index (χ0v) is 11.7. The molecule has 0 atom stereocenters. The summed E-state index contributed by atoms with van der Waals surface area (Å²) < 4.78 is 1.28. The summed E-state index contributed by atoms with van der Waals surface area (Å²) in [4.78, 5) is 2.41. The van der Waals surface area contributed by atoms with Gasteiger partial charge in [0.2, 0.25) is 0 Å². The number of rotatable bonds is 1. The van der Waals surface area contributed by atoms with Crippen LogP contribution in [-0.4, -0.2) is 26.2 Å². The number of piperazine rings is 1. The number of thiophene rings is 1. The van der Waals surface area contributed by atoms with Gasteiger partial charge in [-0.05, 0) is 12.1 Å². The van der Waals surface area contributed by atoms with Crippen molar-refractivity contribution in [2.75, 3.05) is 31.1 Å². The first-order valence-corrected chi connectivity index (χ1v) is 6.73. The van der Waals surface area contributed by atoms with E-state index in [2.05, 4.69) is 28.4 Å². The minimum absolute atomic E-state index is 0. The summed E-state index contributed by atoms with van der Waals surface area (Å²) >= 11 is 7.98. The smallest absolute Gasteiger partial charge is 0.0612 e. The van der Waals surface area contributed by atoms with Gasteiger partial charge in [-0.3, -0.25) is 0 Å². The number of halogens is 2. The van der Waals surface area contributed by atoms with Crippen LogP contribution in [0.5, 0.6) is 0 Å². The Balaban J connectivity index is 0.00000108. The first kappa shape index (κ1) is 13.0. The van der Waals surface area contributed by atoms with Gasteiger partial charge in [-0.15, -0.1) is 23.7 Å². The van der Waals surface area contributed by atoms with E-state index in [1.165, 1.54) is 15.8 Å². The molecule has 5 heteroatoms. The first-order valence-electron chi connectivity index (χ1n) is 5.47. The molecule has 0 bridgehead atoms. The molecule has 1 aromatic carbocycles. The van der Waals surface area contributed by atoms with Crippen LogP contribution in [-0.2, 0) is 0 Å². The van der Waals surface area contributed by atoms with Crippen LogP contribution in [0.25, 0.3) is 10.1 Å². The number of hydrogen-bond donors (Lipinski definition) is 1. The van der Waals surface area contributed by atoms with Crippen LogP contribution >= 0.6 is 35.3 Å². The molecule has 3 rings (SSSR count).